The van der Waals surface area contributed by atoms with Gasteiger partial charge in [-0.3, -0.25) is 4.72 Å². The van der Waals surface area contributed by atoms with Crippen molar-refractivity contribution in [1.29, 1.82) is 5.26 Å². The maximum absolute atomic E-state index is 11.8. The van der Waals surface area contributed by atoms with E-state index >= 15 is 0 Å². The molecule has 0 aliphatic heterocycles. The van der Waals surface area contributed by atoms with Crippen molar-refractivity contribution in [3.8, 4) is 17.9 Å². The van der Waals surface area contributed by atoms with Crippen LogP contribution in [0.15, 0.2) is 18.2 Å². The minimum Gasteiger partial charge on any atom is -0.384 e. The zero-order chi connectivity index (χ0) is 14.5. The van der Waals surface area contributed by atoms with Crippen LogP contribution in [-0.2, 0) is 10.0 Å². The Balaban J connectivity index is 3.20. The molecule has 1 atom stereocenters. The number of hydrogen-bond donors (Lipinski definition) is 2. The highest BCUT2D eigenvalue weighted by Crippen LogP contribution is 2.19. The zero-order valence-corrected chi connectivity index (χ0v) is 11.5. The highest BCUT2D eigenvalue weighted by Gasteiger charge is 2.21. The second kappa shape index (κ2) is 6.24. The molecular weight excluding hydrogens is 264 g/mol. The lowest BCUT2D eigenvalue weighted by atomic mass is 10.1. The van der Waals surface area contributed by atoms with Gasteiger partial charge in [0, 0.05) is 5.56 Å². The number of nitriles is 1. The summed E-state index contributed by atoms with van der Waals surface area (Å²) in [6.07, 6.45) is 0. The Bertz CT molecular complexity index is 663. The van der Waals surface area contributed by atoms with Crippen molar-refractivity contribution in [2.24, 2.45) is 0 Å². The number of aliphatic hydroxyl groups is 1. The first-order valence-electron chi connectivity index (χ1n) is 5.52. The molecule has 0 amide bonds. The summed E-state index contributed by atoms with van der Waals surface area (Å²) in [7, 11) is -3.77. The first-order valence-corrected chi connectivity index (χ1v) is 7.07. The predicted molar refractivity (Wildman–Crippen MR) is 72.8 cm³/mol. The van der Waals surface area contributed by atoms with Crippen molar-refractivity contribution in [3.05, 3.63) is 29.3 Å². The van der Waals surface area contributed by atoms with E-state index in [9.17, 15) is 8.42 Å². The third-order valence-corrected chi connectivity index (χ3v) is 3.92. The third kappa shape index (κ3) is 3.99. The van der Waals surface area contributed by atoms with Crippen molar-refractivity contribution >= 4 is 15.7 Å². The Hall–Kier alpha value is -2.02. The lowest BCUT2D eigenvalue weighted by Crippen LogP contribution is -2.24. The van der Waals surface area contributed by atoms with Gasteiger partial charge in [0.2, 0.25) is 10.0 Å². The molecule has 1 rings (SSSR count). The number of rotatable bonds is 3. The van der Waals surface area contributed by atoms with Crippen molar-refractivity contribution in [1.82, 2.24) is 0 Å². The zero-order valence-electron chi connectivity index (χ0n) is 10.6. The largest absolute Gasteiger partial charge is 0.384 e. The van der Waals surface area contributed by atoms with Crippen LogP contribution in [0.4, 0.5) is 5.69 Å². The first-order chi connectivity index (χ1) is 8.90. The van der Waals surface area contributed by atoms with E-state index in [-0.39, 0.29) is 6.61 Å². The Kier molecular flexibility index (Phi) is 4.94. The highest BCUT2D eigenvalue weighted by molar-refractivity contribution is 7.93. The Morgan fingerprint density at radius 1 is 1.47 bits per heavy atom. The molecule has 0 saturated carbocycles. The van der Waals surface area contributed by atoms with Crippen LogP contribution in [0.2, 0.25) is 0 Å². The van der Waals surface area contributed by atoms with Gasteiger partial charge in [0.15, 0.2) is 5.25 Å². The van der Waals surface area contributed by atoms with Crippen molar-refractivity contribution in [2.45, 2.75) is 19.1 Å². The van der Waals surface area contributed by atoms with Gasteiger partial charge in [-0.25, -0.2) is 8.42 Å². The standard InChI is InChI=1S/C13H14N2O3S/c1-10-5-6-12(4-3-7-16)13(8-10)15-19(17,18)11(2)9-14/h5-6,8,11,15-16H,7H2,1-2H3. The lowest BCUT2D eigenvalue weighted by Gasteiger charge is -2.11. The van der Waals surface area contributed by atoms with Crippen LogP contribution in [0.3, 0.4) is 0 Å². The van der Waals surface area contributed by atoms with Crippen LogP contribution in [-0.4, -0.2) is 25.4 Å². The second-order valence-electron chi connectivity index (χ2n) is 3.93. The summed E-state index contributed by atoms with van der Waals surface area (Å²) in [6.45, 7) is 2.81. The number of hydrogen-bond acceptors (Lipinski definition) is 4. The fraction of sp³-hybridized carbons (Fsp3) is 0.308. The van der Waals surface area contributed by atoms with Gasteiger partial charge < -0.3 is 5.11 Å². The maximum Gasteiger partial charge on any atom is 0.248 e. The predicted octanol–water partition coefficient (Wildman–Crippen LogP) is 0.993. The topological polar surface area (TPSA) is 90.2 Å². The van der Waals surface area contributed by atoms with E-state index in [0.29, 0.717) is 11.3 Å². The summed E-state index contributed by atoms with van der Waals surface area (Å²) >= 11 is 0. The van der Waals surface area contributed by atoms with Crippen LogP contribution >= 0.6 is 0 Å². The van der Waals surface area contributed by atoms with Gasteiger partial charge in [0.25, 0.3) is 0 Å². The average molecular weight is 278 g/mol. The summed E-state index contributed by atoms with van der Waals surface area (Å²) in [5.74, 6) is 5.12. The normalized spacial score (nSPS) is 11.9. The molecule has 0 radical (unpaired) electrons. The number of benzene rings is 1. The quantitative estimate of drug-likeness (QED) is 0.807. The fourth-order valence-corrected chi connectivity index (χ4v) is 2.09. The number of aliphatic hydroxyl groups excluding tert-OH is 1. The summed E-state index contributed by atoms with van der Waals surface area (Å²) in [6, 6.07) is 6.75. The molecule has 0 bridgehead atoms. The lowest BCUT2D eigenvalue weighted by molar-refractivity contribution is 0.350. The summed E-state index contributed by atoms with van der Waals surface area (Å²) in [5, 5.41) is 16.2. The number of aryl methyl sites for hydroxylation is 1. The monoisotopic (exact) mass is 278 g/mol. The van der Waals surface area contributed by atoms with Gasteiger partial charge in [-0.15, -0.1) is 0 Å². The maximum atomic E-state index is 11.8. The van der Waals surface area contributed by atoms with E-state index in [2.05, 4.69) is 16.6 Å². The number of sulfonamides is 1. The minimum absolute atomic E-state index is 0.308. The minimum atomic E-state index is -3.77. The van der Waals surface area contributed by atoms with Crippen LogP contribution < -0.4 is 4.72 Å². The number of nitrogens with zero attached hydrogens (tertiary/aromatic N) is 1. The molecule has 2 N–H and O–H groups in total. The Morgan fingerprint density at radius 3 is 2.74 bits per heavy atom. The van der Waals surface area contributed by atoms with E-state index in [0.717, 1.165) is 5.56 Å². The molecule has 1 unspecified atom stereocenters. The van der Waals surface area contributed by atoms with E-state index in [1.54, 1.807) is 24.3 Å². The van der Waals surface area contributed by atoms with Crippen molar-refractivity contribution in [2.75, 3.05) is 11.3 Å². The molecule has 1 aromatic rings. The molecule has 5 nitrogen and oxygen atoms in total. The molecule has 100 valence electrons. The Labute approximate surface area is 112 Å². The van der Waals surface area contributed by atoms with Gasteiger partial charge in [0.1, 0.15) is 6.61 Å². The van der Waals surface area contributed by atoms with Crippen molar-refractivity contribution in [3.63, 3.8) is 0 Å². The number of nitrogens with one attached hydrogen (secondary N) is 1. The second-order valence-corrected chi connectivity index (χ2v) is 5.93. The summed E-state index contributed by atoms with van der Waals surface area (Å²) in [5.41, 5.74) is 1.62. The molecule has 19 heavy (non-hydrogen) atoms. The summed E-state index contributed by atoms with van der Waals surface area (Å²) < 4.78 is 26.0. The fourth-order valence-electron chi connectivity index (χ4n) is 1.30. The molecular formula is C13H14N2O3S. The van der Waals surface area contributed by atoms with Crippen LogP contribution in [0.5, 0.6) is 0 Å². The third-order valence-electron chi connectivity index (χ3n) is 2.38. The van der Waals surface area contributed by atoms with Crippen LogP contribution in [0.25, 0.3) is 0 Å². The van der Waals surface area contributed by atoms with E-state index in [1.807, 2.05) is 6.92 Å². The number of anilines is 1. The molecule has 0 spiro atoms. The SMILES string of the molecule is Cc1ccc(C#CCO)c(NS(=O)(=O)C(C)C#N)c1. The van der Waals surface area contributed by atoms with Gasteiger partial charge in [0.05, 0.1) is 11.8 Å². The van der Waals surface area contributed by atoms with E-state index in [4.69, 9.17) is 10.4 Å². The highest BCUT2D eigenvalue weighted by atomic mass is 32.2. The van der Waals surface area contributed by atoms with Crippen LogP contribution in [0.1, 0.15) is 18.1 Å². The van der Waals surface area contributed by atoms with E-state index in [1.165, 1.54) is 6.92 Å². The smallest absolute Gasteiger partial charge is 0.248 e. The molecule has 1 aromatic carbocycles. The Morgan fingerprint density at radius 2 is 2.16 bits per heavy atom. The van der Waals surface area contributed by atoms with Gasteiger partial charge >= 0.3 is 0 Å². The molecule has 0 saturated heterocycles. The average Bonchev–Trinajstić information content (AvgIpc) is 2.36. The summed E-state index contributed by atoms with van der Waals surface area (Å²) in [4.78, 5) is 0. The molecule has 0 fully saturated rings. The van der Waals surface area contributed by atoms with Gasteiger partial charge in [-0.1, -0.05) is 17.9 Å². The van der Waals surface area contributed by atoms with Crippen LogP contribution in [0, 0.1) is 30.1 Å². The molecule has 6 heteroatoms. The molecule has 0 aliphatic rings. The first kappa shape index (κ1) is 15.0. The molecule has 0 aliphatic carbocycles. The van der Waals surface area contributed by atoms with Gasteiger partial charge in [-0.2, -0.15) is 5.26 Å². The van der Waals surface area contributed by atoms with Crippen molar-refractivity contribution < 1.29 is 13.5 Å². The van der Waals surface area contributed by atoms with Gasteiger partial charge in [-0.05, 0) is 31.5 Å². The molecule has 0 aromatic heterocycles. The van der Waals surface area contributed by atoms with E-state index < -0.39 is 15.3 Å². The molecule has 0 heterocycles.